The van der Waals surface area contributed by atoms with Gasteiger partial charge in [-0.15, -0.1) is 0 Å². The molecular formula is C14H15BrClN3O. The molecule has 0 aliphatic heterocycles. The maximum absolute atomic E-state index is 12.0. The molecule has 4 nitrogen and oxygen atoms in total. The minimum atomic E-state index is -0.147. The van der Waals surface area contributed by atoms with Gasteiger partial charge in [-0.1, -0.05) is 27.5 Å². The molecule has 0 unspecified atom stereocenters. The molecule has 0 fully saturated rings. The molecule has 106 valence electrons. The number of aryl methyl sites for hydroxylation is 2. The summed E-state index contributed by atoms with van der Waals surface area (Å²) in [6.45, 7) is 2.60. The van der Waals surface area contributed by atoms with Crippen LogP contribution >= 0.6 is 27.5 Å². The lowest BCUT2D eigenvalue weighted by Gasteiger charge is -2.07. The number of aromatic nitrogens is 2. The molecule has 1 aromatic heterocycles. The van der Waals surface area contributed by atoms with E-state index in [4.69, 9.17) is 11.6 Å². The van der Waals surface area contributed by atoms with Crippen molar-refractivity contribution in [3.63, 3.8) is 0 Å². The number of H-pyrrole nitrogens is 1. The van der Waals surface area contributed by atoms with Gasteiger partial charge < -0.3 is 5.32 Å². The van der Waals surface area contributed by atoms with E-state index in [1.165, 1.54) is 5.56 Å². The number of hydrogen-bond acceptors (Lipinski definition) is 2. The van der Waals surface area contributed by atoms with E-state index in [2.05, 4.69) is 31.4 Å². The Kier molecular flexibility index (Phi) is 5.20. The number of nitrogens with zero attached hydrogens (tertiary/aromatic N) is 1. The zero-order chi connectivity index (χ0) is 14.5. The van der Waals surface area contributed by atoms with Gasteiger partial charge in [0.2, 0.25) is 0 Å². The first-order chi connectivity index (χ1) is 9.58. The Morgan fingerprint density at radius 3 is 2.95 bits per heavy atom. The Morgan fingerprint density at radius 1 is 1.50 bits per heavy atom. The summed E-state index contributed by atoms with van der Waals surface area (Å²) in [5.41, 5.74) is 2.75. The molecule has 0 aliphatic carbocycles. The van der Waals surface area contributed by atoms with Crippen LogP contribution in [0.4, 0.5) is 0 Å². The first kappa shape index (κ1) is 15.1. The Labute approximate surface area is 131 Å². The maximum atomic E-state index is 12.0. The summed E-state index contributed by atoms with van der Waals surface area (Å²) in [7, 11) is 0. The Hall–Kier alpha value is -1.33. The summed E-state index contributed by atoms with van der Waals surface area (Å²) in [6, 6.07) is 5.23. The summed E-state index contributed by atoms with van der Waals surface area (Å²) in [5.74, 6) is -0.147. The summed E-state index contributed by atoms with van der Waals surface area (Å²) >= 11 is 9.35. The number of rotatable bonds is 5. The van der Waals surface area contributed by atoms with Crippen LogP contribution in [0.3, 0.4) is 0 Å². The summed E-state index contributed by atoms with van der Waals surface area (Å²) in [4.78, 5) is 12.0. The predicted molar refractivity (Wildman–Crippen MR) is 83.1 cm³/mol. The fourth-order valence-corrected chi connectivity index (χ4v) is 2.64. The largest absolute Gasteiger partial charge is 0.352 e. The number of carbonyl (C=O) groups is 1. The lowest BCUT2D eigenvalue weighted by atomic mass is 10.1. The van der Waals surface area contributed by atoms with Gasteiger partial charge in [0.15, 0.2) is 0 Å². The molecule has 0 spiro atoms. The first-order valence-electron chi connectivity index (χ1n) is 6.30. The number of carbonyl (C=O) groups excluding carboxylic acids is 1. The van der Waals surface area contributed by atoms with Crippen molar-refractivity contribution in [2.24, 2.45) is 0 Å². The van der Waals surface area contributed by atoms with E-state index in [1.807, 2.05) is 13.1 Å². The normalized spacial score (nSPS) is 10.6. The highest BCUT2D eigenvalue weighted by Gasteiger charge is 2.10. The van der Waals surface area contributed by atoms with Crippen LogP contribution in [-0.2, 0) is 6.42 Å². The third kappa shape index (κ3) is 3.84. The standard InChI is InChI=1S/C14H15BrClN3O/c1-9-10(8-18-19-9)3-2-6-17-14(20)12-5-4-11(15)7-13(12)16/h4-5,7-8H,2-3,6H2,1H3,(H,17,20)(H,18,19). The highest BCUT2D eigenvalue weighted by Crippen LogP contribution is 2.21. The van der Waals surface area contributed by atoms with Crippen molar-refractivity contribution in [1.82, 2.24) is 15.5 Å². The van der Waals surface area contributed by atoms with Crippen LogP contribution in [0.25, 0.3) is 0 Å². The Balaban J connectivity index is 1.82. The van der Waals surface area contributed by atoms with Crippen molar-refractivity contribution >= 4 is 33.4 Å². The Bertz CT molecular complexity index is 612. The second kappa shape index (κ2) is 6.90. The van der Waals surface area contributed by atoms with Crippen molar-refractivity contribution in [3.8, 4) is 0 Å². The van der Waals surface area contributed by atoms with Crippen LogP contribution in [0, 0.1) is 6.92 Å². The molecule has 1 heterocycles. The van der Waals surface area contributed by atoms with E-state index < -0.39 is 0 Å². The predicted octanol–water partition coefficient (Wildman–Crippen LogP) is 3.50. The lowest BCUT2D eigenvalue weighted by molar-refractivity contribution is 0.0953. The molecule has 2 rings (SSSR count). The molecule has 1 amide bonds. The highest BCUT2D eigenvalue weighted by molar-refractivity contribution is 9.10. The van der Waals surface area contributed by atoms with Crippen molar-refractivity contribution in [3.05, 3.63) is 50.7 Å². The molecule has 1 aromatic carbocycles. The van der Waals surface area contributed by atoms with Gasteiger partial charge in [-0.3, -0.25) is 9.89 Å². The fourth-order valence-electron chi connectivity index (χ4n) is 1.88. The van der Waals surface area contributed by atoms with Gasteiger partial charge in [-0.2, -0.15) is 5.10 Å². The molecule has 20 heavy (non-hydrogen) atoms. The summed E-state index contributed by atoms with van der Waals surface area (Å²) in [6.07, 6.45) is 3.57. The number of benzene rings is 1. The molecular weight excluding hydrogens is 342 g/mol. The molecule has 2 aromatic rings. The van der Waals surface area contributed by atoms with E-state index in [1.54, 1.807) is 18.2 Å². The van der Waals surface area contributed by atoms with Crippen LogP contribution in [0.15, 0.2) is 28.9 Å². The number of halogens is 2. The average Bonchev–Trinajstić information content (AvgIpc) is 2.80. The SMILES string of the molecule is Cc1[nH]ncc1CCCNC(=O)c1ccc(Br)cc1Cl. The molecule has 0 saturated heterocycles. The number of nitrogens with one attached hydrogen (secondary N) is 2. The van der Waals surface area contributed by atoms with E-state index in [9.17, 15) is 4.79 Å². The fraction of sp³-hybridized carbons (Fsp3) is 0.286. The summed E-state index contributed by atoms with van der Waals surface area (Å²) in [5, 5.41) is 10.2. The quantitative estimate of drug-likeness (QED) is 0.806. The number of hydrogen-bond donors (Lipinski definition) is 2. The zero-order valence-electron chi connectivity index (χ0n) is 11.0. The van der Waals surface area contributed by atoms with Gasteiger partial charge >= 0.3 is 0 Å². The van der Waals surface area contributed by atoms with E-state index in [0.29, 0.717) is 17.1 Å². The van der Waals surface area contributed by atoms with Crippen molar-refractivity contribution in [2.75, 3.05) is 6.54 Å². The number of amides is 1. The van der Waals surface area contributed by atoms with Gasteiger partial charge in [0.05, 0.1) is 16.8 Å². The second-order valence-electron chi connectivity index (χ2n) is 4.50. The van der Waals surface area contributed by atoms with Crippen LogP contribution in [0.1, 0.15) is 28.0 Å². The molecule has 0 bridgehead atoms. The first-order valence-corrected chi connectivity index (χ1v) is 7.47. The Morgan fingerprint density at radius 2 is 2.30 bits per heavy atom. The molecule has 0 saturated carbocycles. The van der Waals surface area contributed by atoms with Crippen LogP contribution < -0.4 is 5.32 Å². The molecule has 0 radical (unpaired) electrons. The van der Waals surface area contributed by atoms with Gasteiger partial charge in [-0.05, 0) is 43.5 Å². The molecule has 0 atom stereocenters. The van der Waals surface area contributed by atoms with Crippen LogP contribution in [0.2, 0.25) is 5.02 Å². The monoisotopic (exact) mass is 355 g/mol. The lowest BCUT2D eigenvalue weighted by Crippen LogP contribution is -2.25. The van der Waals surface area contributed by atoms with E-state index in [0.717, 1.165) is 23.0 Å². The van der Waals surface area contributed by atoms with Crippen molar-refractivity contribution in [1.29, 1.82) is 0 Å². The third-order valence-electron chi connectivity index (χ3n) is 3.02. The average molecular weight is 357 g/mol. The minimum Gasteiger partial charge on any atom is -0.352 e. The topological polar surface area (TPSA) is 57.8 Å². The molecule has 2 N–H and O–H groups in total. The van der Waals surface area contributed by atoms with Gasteiger partial charge in [-0.25, -0.2) is 0 Å². The van der Waals surface area contributed by atoms with Crippen molar-refractivity contribution in [2.45, 2.75) is 19.8 Å². The zero-order valence-corrected chi connectivity index (χ0v) is 13.4. The number of aromatic amines is 1. The van der Waals surface area contributed by atoms with Gasteiger partial charge in [0.1, 0.15) is 0 Å². The van der Waals surface area contributed by atoms with Crippen LogP contribution in [0.5, 0.6) is 0 Å². The van der Waals surface area contributed by atoms with Gasteiger partial charge in [0, 0.05) is 16.7 Å². The minimum absolute atomic E-state index is 0.147. The third-order valence-corrected chi connectivity index (χ3v) is 3.82. The van der Waals surface area contributed by atoms with E-state index >= 15 is 0 Å². The van der Waals surface area contributed by atoms with Crippen LogP contribution in [-0.4, -0.2) is 22.6 Å². The van der Waals surface area contributed by atoms with Crippen molar-refractivity contribution < 1.29 is 4.79 Å². The molecule has 6 heteroatoms. The highest BCUT2D eigenvalue weighted by atomic mass is 79.9. The maximum Gasteiger partial charge on any atom is 0.252 e. The second-order valence-corrected chi connectivity index (χ2v) is 5.83. The van der Waals surface area contributed by atoms with E-state index in [-0.39, 0.29) is 5.91 Å². The smallest absolute Gasteiger partial charge is 0.252 e. The molecule has 0 aliphatic rings. The summed E-state index contributed by atoms with van der Waals surface area (Å²) < 4.78 is 0.856. The van der Waals surface area contributed by atoms with Gasteiger partial charge in [0.25, 0.3) is 5.91 Å².